The van der Waals surface area contributed by atoms with E-state index in [1.807, 2.05) is 0 Å². The van der Waals surface area contributed by atoms with Crippen LogP contribution < -0.4 is 4.72 Å². The summed E-state index contributed by atoms with van der Waals surface area (Å²) in [6.45, 7) is 6.74. The van der Waals surface area contributed by atoms with Crippen LogP contribution >= 0.6 is 0 Å². The number of hydrogen-bond donors (Lipinski definition) is 1. The fourth-order valence-corrected chi connectivity index (χ4v) is 2.81. The zero-order valence-electron chi connectivity index (χ0n) is 10.2. The van der Waals surface area contributed by atoms with E-state index in [2.05, 4.69) is 25.5 Å². The van der Waals surface area contributed by atoms with E-state index in [1.54, 1.807) is 0 Å². The minimum atomic E-state index is -3.00. The number of rotatable bonds is 4. The molecule has 0 saturated heterocycles. The van der Waals surface area contributed by atoms with Gasteiger partial charge in [-0.25, -0.2) is 13.1 Å². The minimum absolute atomic E-state index is 0.199. The van der Waals surface area contributed by atoms with Crippen LogP contribution in [0.2, 0.25) is 0 Å². The SMILES string of the molecule is CC(C)(C)CCC1CC(NS(C)(=O)=O)C1. The van der Waals surface area contributed by atoms with Crippen LogP contribution in [0.15, 0.2) is 0 Å². The lowest BCUT2D eigenvalue weighted by molar-refractivity contribution is 0.203. The first-order valence-corrected chi connectivity index (χ1v) is 7.52. The van der Waals surface area contributed by atoms with Crippen molar-refractivity contribution in [1.29, 1.82) is 0 Å². The molecule has 4 heteroatoms. The summed E-state index contributed by atoms with van der Waals surface area (Å²) in [7, 11) is -3.00. The summed E-state index contributed by atoms with van der Waals surface area (Å²) in [5, 5.41) is 0. The van der Waals surface area contributed by atoms with Crippen molar-refractivity contribution in [1.82, 2.24) is 4.72 Å². The lowest BCUT2D eigenvalue weighted by Gasteiger charge is -2.36. The summed E-state index contributed by atoms with van der Waals surface area (Å²) < 4.78 is 24.5. The predicted octanol–water partition coefficient (Wildman–Crippen LogP) is 2.14. The molecule has 0 heterocycles. The maximum Gasteiger partial charge on any atom is 0.208 e. The Morgan fingerprint density at radius 2 is 1.80 bits per heavy atom. The van der Waals surface area contributed by atoms with Crippen molar-refractivity contribution in [2.45, 2.75) is 52.5 Å². The third-order valence-corrected chi connectivity index (χ3v) is 3.68. The van der Waals surface area contributed by atoms with E-state index in [0.717, 1.165) is 18.8 Å². The molecule has 0 aromatic rings. The average molecular weight is 233 g/mol. The molecule has 1 aliphatic rings. The van der Waals surface area contributed by atoms with Gasteiger partial charge in [0.25, 0.3) is 0 Å². The van der Waals surface area contributed by atoms with E-state index in [4.69, 9.17) is 0 Å². The normalized spacial score (nSPS) is 27.5. The summed E-state index contributed by atoms with van der Waals surface area (Å²) >= 11 is 0. The van der Waals surface area contributed by atoms with E-state index in [1.165, 1.54) is 19.1 Å². The van der Waals surface area contributed by atoms with E-state index in [0.29, 0.717) is 5.41 Å². The van der Waals surface area contributed by atoms with Crippen LogP contribution in [0.25, 0.3) is 0 Å². The van der Waals surface area contributed by atoms with Crippen LogP contribution in [0.4, 0.5) is 0 Å². The average Bonchev–Trinajstić information content (AvgIpc) is 1.89. The van der Waals surface area contributed by atoms with Gasteiger partial charge in [-0.05, 0) is 37.0 Å². The highest BCUT2D eigenvalue weighted by atomic mass is 32.2. The fourth-order valence-electron chi connectivity index (χ4n) is 2.01. The fraction of sp³-hybridized carbons (Fsp3) is 1.00. The van der Waals surface area contributed by atoms with Crippen LogP contribution in [0.3, 0.4) is 0 Å². The minimum Gasteiger partial charge on any atom is -0.213 e. The second kappa shape index (κ2) is 4.42. The van der Waals surface area contributed by atoms with Gasteiger partial charge in [0.05, 0.1) is 6.26 Å². The van der Waals surface area contributed by atoms with Crippen LogP contribution in [-0.4, -0.2) is 20.7 Å². The molecule has 1 fully saturated rings. The van der Waals surface area contributed by atoms with Gasteiger partial charge in [-0.1, -0.05) is 20.8 Å². The van der Waals surface area contributed by atoms with E-state index < -0.39 is 10.0 Å². The highest BCUT2D eigenvalue weighted by Gasteiger charge is 2.31. The van der Waals surface area contributed by atoms with E-state index in [9.17, 15) is 8.42 Å². The van der Waals surface area contributed by atoms with Crippen molar-refractivity contribution in [2.24, 2.45) is 11.3 Å². The van der Waals surface area contributed by atoms with Crippen LogP contribution in [0.5, 0.6) is 0 Å². The quantitative estimate of drug-likeness (QED) is 0.808. The molecule has 0 spiro atoms. The first-order valence-electron chi connectivity index (χ1n) is 5.63. The van der Waals surface area contributed by atoms with Crippen molar-refractivity contribution in [3.05, 3.63) is 0 Å². The Morgan fingerprint density at radius 3 is 2.20 bits per heavy atom. The number of hydrogen-bond acceptors (Lipinski definition) is 2. The van der Waals surface area contributed by atoms with Gasteiger partial charge in [-0.15, -0.1) is 0 Å². The third kappa shape index (κ3) is 5.52. The standard InChI is InChI=1S/C11H23NO2S/c1-11(2,3)6-5-9-7-10(8-9)12-15(4,13)14/h9-10,12H,5-8H2,1-4H3. The van der Waals surface area contributed by atoms with E-state index >= 15 is 0 Å². The van der Waals surface area contributed by atoms with E-state index in [-0.39, 0.29) is 6.04 Å². The Labute approximate surface area is 93.7 Å². The third-order valence-electron chi connectivity index (χ3n) is 2.92. The Bertz CT molecular complexity index is 297. The molecule has 0 atom stereocenters. The Kier molecular flexibility index (Phi) is 3.82. The summed E-state index contributed by atoms with van der Waals surface area (Å²) in [5.41, 5.74) is 0.398. The zero-order valence-corrected chi connectivity index (χ0v) is 11.0. The highest BCUT2D eigenvalue weighted by Crippen LogP contribution is 2.35. The van der Waals surface area contributed by atoms with Gasteiger partial charge in [-0.3, -0.25) is 0 Å². The molecule has 0 amide bonds. The maximum atomic E-state index is 10.9. The van der Waals surface area contributed by atoms with Gasteiger partial charge in [-0.2, -0.15) is 0 Å². The topological polar surface area (TPSA) is 46.2 Å². The summed E-state index contributed by atoms with van der Waals surface area (Å²) in [6, 6.07) is 0.199. The van der Waals surface area contributed by atoms with Gasteiger partial charge in [0, 0.05) is 6.04 Å². The number of sulfonamides is 1. The van der Waals surface area contributed by atoms with Crippen molar-refractivity contribution in [2.75, 3.05) is 6.26 Å². The Morgan fingerprint density at radius 1 is 1.27 bits per heavy atom. The zero-order chi connectivity index (χ0) is 11.7. The first kappa shape index (κ1) is 13.0. The van der Waals surface area contributed by atoms with Crippen LogP contribution in [0, 0.1) is 11.3 Å². The smallest absolute Gasteiger partial charge is 0.208 e. The highest BCUT2D eigenvalue weighted by molar-refractivity contribution is 7.88. The predicted molar refractivity (Wildman–Crippen MR) is 63.2 cm³/mol. The van der Waals surface area contributed by atoms with Crippen LogP contribution in [0.1, 0.15) is 46.5 Å². The molecule has 0 aromatic carbocycles. The molecule has 1 aliphatic carbocycles. The molecular weight excluding hydrogens is 210 g/mol. The maximum absolute atomic E-state index is 10.9. The molecule has 1 saturated carbocycles. The lowest BCUT2D eigenvalue weighted by atomic mass is 9.75. The van der Waals surface area contributed by atoms with Gasteiger partial charge >= 0.3 is 0 Å². The summed E-state index contributed by atoms with van der Waals surface area (Å²) in [6.07, 6.45) is 5.72. The van der Waals surface area contributed by atoms with Gasteiger partial charge in [0.1, 0.15) is 0 Å². The molecule has 1 N–H and O–H groups in total. The Balaban J connectivity index is 2.16. The van der Waals surface area contributed by atoms with Crippen molar-refractivity contribution in [3.8, 4) is 0 Å². The van der Waals surface area contributed by atoms with Gasteiger partial charge in [0.2, 0.25) is 10.0 Å². The first-order chi connectivity index (χ1) is 6.66. The lowest BCUT2D eigenvalue weighted by Crippen LogP contribution is -2.43. The molecule has 0 aromatic heterocycles. The molecule has 3 nitrogen and oxygen atoms in total. The molecule has 0 bridgehead atoms. The monoisotopic (exact) mass is 233 g/mol. The second-order valence-corrected chi connectivity index (χ2v) is 7.80. The van der Waals surface area contributed by atoms with Crippen molar-refractivity contribution >= 4 is 10.0 Å². The molecule has 15 heavy (non-hydrogen) atoms. The largest absolute Gasteiger partial charge is 0.213 e. The van der Waals surface area contributed by atoms with Crippen LogP contribution in [-0.2, 0) is 10.0 Å². The summed E-state index contributed by atoms with van der Waals surface area (Å²) in [4.78, 5) is 0. The molecule has 0 unspecified atom stereocenters. The summed E-state index contributed by atoms with van der Waals surface area (Å²) in [5.74, 6) is 0.725. The van der Waals surface area contributed by atoms with Gasteiger partial charge in [0.15, 0.2) is 0 Å². The Hall–Kier alpha value is -0.0900. The van der Waals surface area contributed by atoms with Crippen molar-refractivity contribution < 1.29 is 8.42 Å². The number of nitrogens with one attached hydrogen (secondary N) is 1. The molecule has 90 valence electrons. The second-order valence-electron chi connectivity index (χ2n) is 6.02. The molecule has 0 radical (unpaired) electrons. The van der Waals surface area contributed by atoms with Crippen molar-refractivity contribution in [3.63, 3.8) is 0 Å². The van der Waals surface area contributed by atoms with Gasteiger partial charge < -0.3 is 0 Å². The molecule has 0 aliphatic heterocycles. The molecular formula is C11H23NO2S. The molecule has 1 rings (SSSR count).